The summed E-state index contributed by atoms with van der Waals surface area (Å²) in [5, 5.41) is 12.3. The van der Waals surface area contributed by atoms with Crippen LogP contribution in [0.25, 0.3) is 0 Å². The topological polar surface area (TPSA) is 85.7 Å². The molecule has 1 aliphatic heterocycles. The molecule has 1 heterocycles. The first-order valence-corrected chi connectivity index (χ1v) is 9.37. The largest absolute Gasteiger partial charge is 0.465 e. The molecule has 0 bridgehead atoms. The van der Waals surface area contributed by atoms with Gasteiger partial charge in [-0.3, -0.25) is 4.79 Å². The first-order valence-electron chi connectivity index (χ1n) is 9.37. The second-order valence-corrected chi connectivity index (χ2v) is 6.61. The molecule has 1 fully saturated rings. The summed E-state index contributed by atoms with van der Waals surface area (Å²) in [6, 6.07) is 14.8. The zero-order chi connectivity index (χ0) is 21.5. The van der Waals surface area contributed by atoms with Gasteiger partial charge in [0.25, 0.3) is 5.91 Å². The number of ether oxygens (including phenoxy) is 1. The summed E-state index contributed by atoms with van der Waals surface area (Å²) in [5.74, 6) is -1.20. The summed E-state index contributed by atoms with van der Waals surface area (Å²) in [7, 11) is 1.28. The van der Waals surface area contributed by atoms with Crippen LogP contribution in [0.4, 0.5) is 15.8 Å². The molecule has 1 aliphatic rings. The van der Waals surface area contributed by atoms with Gasteiger partial charge in [-0.15, -0.1) is 0 Å². The Bertz CT molecular complexity index is 990. The lowest BCUT2D eigenvalue weighted by molar-refractivity contribution is -0.127. The Balaban J connectivity index is 1.65. The van der Waals surface area contributed by atoms with Crippen LogP contribution in [-0.2, 0) is 9.53 Å². The zero-order valence-electron chi connectivity index (χ0n) is 16.5. The van der Waals surface area contributed by atoms with Crippen molar-refractivity contribution in [3.05, 3.63) is 71.7 Å². The predicted molar refractivity (Wildman–Crippen MR) is 110 cm³/mol. The number of nitrogens with one attached hydrogen (secondary N) is 1. The Labute approximate surface area is 174 Å². The molecule has 0 aromatic heterocycles. The number of piperazine rings is 1. The van der Waals surface area contributed by atoms with Crippen molar-refractivity contribution in [2.75, 3.05) is 43.5 Å². The van der Waals surface area contributed by atoms with Crippen LogP contribution < -0.4 is 10.2 Å². The Morgan fingerprint density at radius 1 is 1.10 bits per heavy atom. The third kappa shape index (κ3) is 4.75. The minimum Gasteiger partial charge on any atom is -0.465 e. The van der Waals surface area contributed by atoms with E-state index in [0.717, 1.165) is 5.69 Å². The van der Waals surface area contributed by atoms with Gasteiger partial charge in [0.1, 0.15) is 17.5 Å². The van der Waals surface area contributed by atoms with Crippen LogP contribution in [0.15, 0.2) is 60.3 Å². The van der Waals surface area contributed by atoms with Gasteiger partial charge < -0.3 is 19.9 Å². The fourth-order valence-corrected chi connectivity index (χ4v) is 3.18. The highest BCUT2D eigenvalue weighted by molar-refractivity contribution is 5.99. The monoisotopic (exact) mass is 408 g/mol. The molecule has 7 nitrogen and oxygen atoms in total. The fourth-order valence-electron chi connectivity index (χ4n) is 3.18. The molecule has 0 radical (unpaired) electrons. The second kappa shape index (κ2) is 9.56. The van der Waals surface area contributed by atoms with Crippen LogP contribution in [0.3, 0.4) is 0 Å². The molecule has 1 N–H and O–H groups in total. The van der Waals surface area contributed by atoms with Crippen LogP contribution in [-0.4, -0.2) is 50.1 Å². The van der Waals surface area contributed by atoms with E-state index in [1.807, 2.05) is 6.07 Å². The summed E-state index contributed by atoms with van der Waals surface area (Å²) in [6.07, 6.45) is 1.30. The van der Waals surface area contributed by atoms with E-state index in [0.29, 0.717) is 37.4 Å². The summed E-state index contributed by atoms with van der Waals surface area (Å²) >= 11 is 0. The summed E-state index contributed by atoms with van der Waals surface area (Å²) < 4.78 is 17.8. The van der Waals surface area contributed by atoms with Gasteiger partial charge in [-0.05, 0) is 36.4 Å². The van der Waals surface area contributed by atoms with Crippen molar-refractivity contribution in [1.82, 2.24) is 4.90 Å². The van der Waals surface area contributed by atoms with Crippen molar-refractivity contribution in [2.45, 2.75) is 0 Å². The molecule has 0 saturated carbocycles. The number of nitriles is 1. The third-order valence-electron chi connectivity index (χ3n) is 4.81. The number of carbonyl (C=O) groups excluding carboxylic acids is 2. The molecular formula is C22H21FN4O3. The van der Waals surface area contributed by atoms with E-state index < -0.39 is 5.97 Å². The van der Waals surface area contributed by atoms with Crippen LogP contribution >= 0.6 is 0 Å². The molecule has 154 valence electrons. The Morgan fingerprint density at radius 3 is 2.40 bits per heavy atom. The predicted octanol–water partition coefficient (Wildman–Crippen LogP) is 2.78. The minimum absolute atomic E-state index is 0.0649. The lowest BCUT2D eigenvalue weighted by Crippen LogP contribution is -2.49. The molecule has 0 atom stereocenters. The first kappa shape index (κ1) is 20.9. The van der Waals surface area contributed by atoms with Crippen LogP contribution in [0.1, 0.15) is 10.4 Å². The van der Waals surface area contributed by atoms with Crippen molar-refractivity contribution in [3.63, 3.8) is 0 Å². The number of hydrogen-bond acceptors (Lipinski definition) is 6. The minimum atomic E-state index is -0.520. The van der Waals surface area contributed by atoms with E-state index in [-0.39, 0.29) is 17.3 Å². The number of nitrogens with zero attached hydrogens (tertiary/aromatic N) is 3. The molecule has 30 heavy (non-hydrogen) atoms. The van der Waals surface area contributed by atoms with Crippen molar-refractivity contribution < 1.29 is 18.7 Å². The number of hydrogen-bond donors (Lipinski definition) is 1. The summed E-state index contributed by atoms with van der Waals surface area (Å²) in [5.41, 5.74) is 1.56. The Kier molecular flexibility index (Phi) is 6.65. The molecule has 2 aromatic carbocycles. The average Bonchev–Trinajstić information content (AvgIpc) is 2.79. The zero-order valence-corrected chi connectivity index (χ0v) is 16.5. The van der Waals surface area contributed by atoms with E-state index >= 15 is 0 Å². The molecule has 8 heteroatoms. The van der Waals surface area contributed by atoms with Gasteiger partial charge in [0.2, 0.25) is 0 Å². The quantitative estimate of drug-likeness (QED) is 0.465. The van der Waals surface area contributed by atoms with Crippen molar-refractivity contribution >= 4 is 23.3 Å². The van der Waals surface area contributed by atoms with Gasteiger partial charge in [0, 0.05) is 38.1 Å². The van der Waals surface area contributed by atoms with E-state index in [1.165, 1.54) is 25.4 Å². The molecule has 0 unspecified atom stereocenters. The Hall–Kier alpha value is -3.86. The van der Waals surface area contributed by atoms with Gasteiger partial charge in [-0.25, -0.2) is 9.18 Å². The van der Waals surface area contributed by atoms with Crippen LogP contribution in [0.2, 0.25) is 0 Å². The van der Waals surface area contributed by atoms with E-state index in [4.69, 9.17) is 4.74 Å². The average molecular weight is 408 g/mol. The maximum absolute atomic E-state index is 13.1. The van der Waals surface area contributed by atoms with Gasteiger partial charge in [-0.2, -0.15) is 5.26 Å². The number of carbonyl (C=O) groups is 2. The molecule has 0 aliphatic carbocycles. The highest BCUT2D eigenvalue weighted by Crippen LogP contribution is 2.19. The number of benzene rings is 2. The number of amides is 1. The fraction of sp³-hybridized carbons (Fsp3) is 0.227. The van der Waals surface area contributed by atoms with Gasteiger partial charge in [-0.1, -0.05) is 12.1 Å². The number of anilines is 2. The molecule has 1 saturated heterocycles. The first-order chi connectivity index (χ1) is 14.5. The van der Waals surface area contributed by atoms with Crippen LogP contribution in [0, 0.1) is 17.1 Å². The number of rotatable bonds is 5. The lowest BCUT2D eigenvalue weighted by atomic mass is 10.1. The standard InChI is InChI=1S/C22H21FN4O3/c1-30-22(29)19-4-2-3-5-20(19)25-15-16(14-24)21(28)27-12-10-26(11-13-27)18-8-6-17(23)7-9-18/h2-9,15,25H,10-13H2,1H3/b16-15-. The third-order valence-corrected chi connectivity index (χ3v) is 4.81. The maximum Gasteiger partial charge on any atom is 0.339 e. The summed E-state index contributed by atoms with van der Waals surface area (Å²) in [4.78, 5) is 28.3. The van der Waals surface area contributed by atoms with Crippen molar-refractivity contribution in [1.29, 1.82) is 5.26 Å². The highest BCUT2D eigenvalue weighted by atomic mass is 19.1. The second-order valence-electron chi connectivity index (χ2n) is 6.61. The smallest absolute Gasteiger partial charge is 0.339 e. The molecule has 2 aromatic rings. The molecular weight excluding hydrogens is 387 g/mol. The maximum atomic E-state index is 13.1. The molecule has 3 rings (SSSR count). The number of methoxy groups -OCH3 is 1. The molecule has 1 amide bonds. The number of para-hydroxylation sites is 1. The van der Waals surface area contributed by atoms with E-state index in [9.17, 15) is 19.2 Å². The lowest BCUT2D eigenvalue weighted by Gasteiger charge is -2.36. The SMILES string of the molecule is COC(=O)c1ccccc1N/C=C(/C#N)C(=O)N1CCN(c2ccc(F)cc2)CC1. The number of esters is 1. The van der Waals surface area contributed by atoms with Gasteiger partial charge in [0.15, 0.2) is 0 Å². The van der Waals surface area contributed by atoms with Crippen LogP contribution in [0.5, 0.6) is 0 Å². The van der Waals surface area contributed by atoms with Gasteiger partial charge >= 0.3 is 5.97 Å². The van der Waals surface area contributed by atoms with Crippen molar-refractivity contribution in [2.24, 2.45) is 0 Å². The summed E-state index contributed by atoms with van der Waals surface area (Å²) in [6.45, 7) is 2.03. The van der Waals surface area contributed by atoms with Gasteiger partial charge in [0.05, 0.1) is 18.4 Å². The molecule has 0 spiro atoms. The van der Waals surface area contributed by atoms with E-state index in [1.54, 1.807) is 41.3 Å². The Morgan fingerprint density at radius 2 is 1.77 bits per heavy atom. The number of halogens is 1. The highest BCUT2D eigenvalue weighted by Gasteiger charge is 2.24. The normalized spacial score (nSPS) is 14.1. The van der Waals surface area contributed by atoms with E-state index in [2.05, 4.69) is 10.2 Å². The van der Waals surface area contributed by atoms with Crippen molar-refractivity contribution in [3.8, 4) is 6.07 Å².